The van der Waals surface area contributed by atoms with Gasteiger partial charge in [-0.1, -0.05) is 0 Å². The summed E-state index contributed by atoms with van der Waals surface area (Å²) < 4.78 is 4.78. The van der Waals surface area contributed by atoms with Crippen LogP contribution >= 0.6 is 34.0 Å². The van der Waals surface area contributed by atoms with Gasteiger partial charge in [-0.2, -0.15) is 0 Å². The first-order valence-corrected chi connectivity index (χ1v) is 48.7. The average molecular weight is 980 g/mol. The first kappa shape index (κ1) is 34.8. The van der Waals surface area contributed by atoms with Crippen molar-refractivity contribution in [2.75, 3.05) is 4.90 Å². The van der Waals surface area contributed by atoms with Crippen molar-refractivity contribution >= 4 is 117 Å². The average Bonchev–Trinajstić information content (AvgIpc) is 3.79. The molecule has 0 saturated heterocycles. The van der Waals surface area contributed by atoms with Gasteiger partial charge in [0.05, 0.1) is 0 Å². The fourth-order valence-electron chi connectivity index (χ4n) is 5.63. The second-order valence-electron chi connectivity index (χ2n) is 15.2. The summed E-state index contributed by atoms with van der Waals surface area (Å²) in [4.78, 5) is 29.3. The maximum absolute atomic E-state index is 2.57. The van der Waals surface area contributed by atoms with Crippen LogP contribution in [0.4, 0.5) is 17.1 Å². The third-order valence-corrected chi connectivity index (χ3v) is 30.6. The van der Waals surface area contributed by atoms with Gasteiger partial charge in [0, 0.05) is 0 Å². The molecule has 0 N–H and O–H groups in total. The van der Waals surface area contributed by atoms with E-state index in [0.717, 1.165) is 0 Å². The minimum absolute atomic E-state index is 1.23. The van der Waals surface area contributed by atoms with E-state index >= 15 is 0 Å². The molecule has 0 aliphatic rings. The predicted octanol–water partition coefficient (Wildman–Crippen LogP) is 12.0. The van der Waals surface area contributed by atoms with Gasteiger partial charge in [-0.15, -0.1) is 0 Å². The zero-order valence-electron chi connectivity index (χ0n) is 28.6. The molecule has 3 heterocycles. The topological polar surface area (TPSA) is 3.24 Å². The summed E-state index contributed by atoms with van der Waals surface area (Å²) in [7, 11) is 0. The summed E-state index contributed by atoms with van der Waals surface area (Å²) in [6.45, 7) is 0. The minimum atomic E-state index is -2.23. The van der Waals surface area contributed by atoms with Gasteiger partial charge >= 0.3 is 305 Å². The molecule has 0 spiro atoms. The molecule has 0 unspecified atom stereocenters. The Kier molecular flexibility index (Phi) is 10.4. The molecule has 0 atom stereocenters. The fourth-order valence-corrected chi connectivity index (χ4v) is 25.6. The molecule has 46 heavy (non-hydrogen) atoms. The monoisotopic (exact) mass is 983 g/mol. The molecule has 0 radical (unpaired) electrons. The Morgan fingerprint density at radius 2 is 0.652 bits per heavy atom. The Morgan fingerprint density at radius 3 is 0.891 bits per heavy atom. The van der Waals surface area contributed by atoms with Gasteiger partial charge in [0.1, 0.15) is 0 Å². The van der Waals surface area contributed by atoms with Crippen LogP contribution in [-0.2, 0) is 0 Å². The zero-order valence-corrected chi connectivity index (χ0v) is 39.6. The predicted molar refractivity (Wildman–Crippen MR) is 220 cm³/mol. The van der Waals surface area contributed by atoms with Crippen LogP contribution in [-0.4, -0.2) is 55.1 Å². The molecule has 0 saturated carbocycles. The Hall–Kier alpha value is -1.04. The first-order valence-electron chi connectivity index (χ1n) is 16.1. The van der Waals surface area contributed by atoms with Gasteiger partial charge < -0.3 is 0 Å². The number of rotatable bonds is 9. The van der Waals surface area contributed by atoms with Crippen molar-refractivity contribution in [3.05, 3.63) is 107 Å². The molecule has 0 aliphatic carbocycles. The van der Waals surface area contributed by atoms with Crippen LogP contribution in [0.25, 0.3) is 31.3 Å². The van der Waals surface area contributed by atoms with Gasteiger partial charge in [0.15, 0.2) is 0 Å². The second-order valence-corrected chi connectivity index (χ2v) is 61.4. The zero-order chi connectivity index (χ0) is 32.9. The van der Waals surface area contributed by atoms with E-state index in [1.165, 1.54) is 48.4 Å². The molecule has 0 fully saturated rings. The molecule has 6 aromatic rings. The molecule has 0 amide bonds. The second kappa shape index (κ2) is 13.7. The molecule has 3 aromatic carbocycles. The third-order valence-electron chi connectivity index (χ3n) is 8.63. The third kappa shape index (κ3) is 7.42. The van der Waals surface area contributed by atoms with E-state index in [4.69, 9.17) is 0 Å². The summed E-state index contributed by atoms with van der Waals surface area (Å²) in [5.74, 6) is 0. The van der Waals surface area contributed by atoms with E-state index in [2.05, 4.69) is 156 Å². The van der Waals surface area contributed by atoms with E-state index in [1.54, 1.807) is 10.7 Å². The molecule has 7 heteroatoms. The Morgan fingerprint density at radius 1 is 0.391 bits per heavy atom. The number of para-hydroxylation sites is 3. The molecule has 3 aromatic heterocycles. The summed E-state index contributed by atoms with van der Waals surface area (Å²) in [5.41, 5.74) is 7.61. The van der Waals surface area contributed by atoms with E-state index < -0.39 is 55.1 Å². The van der Waals surface area contributed by atoms with Crippen molar-refractivity contribution < 1.29 is 0 Å². The number of benzene rings is 3. The van der Waals surface area contributed by atoms with Gasteiger partial charge in [0.25, 0.3) is 0 Å². The van der Waals surface area contributed by atoms with Crippen LogP contribution in [0.1, 0.15) is 0 Å². The fraction of sp³-hybridized carbons (Fsp3) is 0.231. The van der Waals surface area contributed by atoms with Crippen LogP contribution in [0.15, 0.2) is 107 Å². The summed E-state index contributed by atoms with van der Waals surface area (Å²) >= 11 is -0.969. The molecule has 6 rings (SSSR count). The Bertz CT molecular complexity index is 1750. The van der Waals surface area contributed by atoms with Crippen molar-refractivity contribution in [3.63, 3.8) is 0 Å². The van der Waals surface area contributed by atoms with Gasteiger partial charge in [0.2, 0.25) is 0 Å². The van der Waals surface area contributed by atoms with E-state index in [1.807, 2.05) is 34.0 Å². The number of thiophene rings is 3. The van der Waals surface area contributed by atoms with E-state index in [-0.39, 0.29) is 0 Å². The van der Waals surface area contributed by atoms with Crippen molar-refractivity contribution in [1.29, 1.82) is 0 Å². The van der Waals surface area contributed by atoms with Gasteiger partial charge in [-0.3, -0.25) is 0 Å². The van der Waals surface area contributed by atoms with Crippen LogP contribution in [0.5, 0.6) is 0 Å². The summed E-state index contributed by atoms with van der Waals surface area (Å²) in [6.07, 6.45) is 0. The van der Waals surface area contributed by atoms with Crippen LogP contribution in [0.2, 0.25) is 44.5 Å². The number of hydrogen-bond acceptors (Lipinski definition) is 4. The quantitative estimate of drug-likeness (QED) is 0.131. The normalized spacial score (nSPS) is 12.5. The standard InChI is InChI=1S/C30H18NS3.9CH3.3Sn/c1-4-13-25(22(10-1)28-16-7-19-32-28)31(26-14-5-2-11-23(26)29-17-8-20-33-29)27-15-6-3-12-24(27)30-18-9-21-34-30;;;;;;;;;;;;/h1-6,10-21H;9*1H3;;;. The van der Waals surface area contributed by atoms with E-state index in [9.17, 15) is 0 Å². The SMILES string of the molecule is [CH3][Sn]([CH3])([CH3])[c]1csc(-c2ccccc2N(c2ccccc2-c2c[c]([Sn]([CH3])([CH3])[CH3])cs2)c2ccccc2-c2c[c]([Sn]([CH3])([CH3])[CH3])cs2)c1. The van der Waals surface area contributed by atoms with Gasteiger partial charge in [-0.05, 0) is 0 Å². The van der Waals surface area contributed by atoms with Crippen LogP contribution in [0, 0.1) is 0 Å². The van der Waals surface area contributed by atoms with E-state index in [0.29, 0.717) is 0 Å². The molecular formula is C39H45NS3Sn3. The maximum atomic E-state index is 2.57. The first-order chi connectivity index (χ1) is 21.7. The summed E-state index contributed by atoms with van der Waals surface area (Å²) in [6, 6.07) is 34.7. The molecule has 236 valence electrons. The number of hydrogen-bond donors (Lipinski definition) is 0. The molecule has 0 aliphatic heterocycles. The van der Waals surface area contributed by atoms with Crippen molar-refractivity contribution in [1.82, 2.24) is 0 Å². The molecular weight excluding hydrogens is 935 g/mol. The molecule has 0 bridgehead atoms. The van der Waals surface area contributed by atoms with Crippen molar-refractivity contribution in [2.24, 2.45) is 0 Å². The Balaban J connectivity index is 1.62. The van der Waals surface area contributed by atoms with Gasteiger partial charge in [-0.25, -0.2) is 0 Å². The number of anilines is 3. The van der Waals surface area contributed by atoms with Crippen LogP contribution < -0.4 is 15.6 Å². The summed E-state index contributed by atoms with van der Waals surface area (Å²) in [5, 5.41) is 7.31. The van der Waals surface area contributed by atoms with Crippen molar-refractivity contribution in [2.45, 2.75) is 44.5 Å². The molecule has 1 nitrogen and oxygen atoms in total. The Labute approximate surface area is 301 Å². The van der Waals surface area contributed by atoms with Crippen molar-refractivity contribution in [3.8, 4) is 31.3 Å². The van der Waals surface area contributed by atoms with Crippen LogP contribution in [0.3, 0.4) is 0 Å². The number of nitrogens with zero attached hydrogens (tertiary/aromatic N) is 1.